The van der Waals surface area contributed by atoms with Crippen molar-refractivity contribution in [2.75, 3.05) is 0 Å². The molecule has 0 amide bonds. The van der Waals surface area contributed by atoms with Gasteiger partial charge in [-0.05, 0) is 52.7 Å². The third kappa shape index (κ3) is 4.62. The Morgan fingerprint density at radius 3 is 2.05 bits per heavy atom. The highest BCUT2D eigenvalue weighted by Crippen LogP contribution is 2.43. The molecule has 0 radical (unpaired) electrons. The number of furan rings is 1. The Balaban J connectivity index is 1.11. The molecule has 0 spiro atoms. The number of fused-ring (bicyclic) bond motifs is 11. The predicted octanol–water partition coefficient (Wildman–Crippen LogP) is 13.4. The second-order valence-corrected chi connectivity index (χ2v) is 15.1. The average molecular weight is 721 g/mol. The van der Waals surface area contributed by atoms with Gasteiger partial charge in [0.25, 0.3) is 0 Å². The summed E-state index contributed by atoms with van der Waals surface area (Å²) in [5, 5.41) is 9.59. The van der Waals surface area contributed by atoms with Crippen molar-refractivity contribution in [2.24, 2.45) is 0 Å². The van der Waals surface area contributed by atoms with Gasteiger partial charge in [-0.3, -0.25) is 4.57 Å². The average Bonchev–Trinajstić information content (AvgIpc) is 3.93. The predicted molar refractivity (Wildman–Crippen MR) is 228 cm³/mol. The topological polar surface area (TPSA) is 56.7 Å². The summed E-state index contributed by atoms with van der Waals surface area (Å²) >= 11 is 1.85. The van der Waals surface area contributed by atoms with Crippen molar-refractivity contribution < 1.29 is 4.42 Å². The Morgan fingerprint density at radius 1 is 0.436 bits per heavy atom. The number of hydrogen-bond donors (Lipinski definition) is 0. The van der Waals surface area contributed by atoms with Gasteiger partial charge in [0.2, 0.25) is 5.95 Å². The highest BCUT2D eigenvalue weighted by atomic mass is 32.1. The number of aromatic nitrogens is 4. The van der Waals surface area contributed by atoms with E-state index in [-0.39, 0.29) is 0 Å². The molecular weight excluding hydrogens is 693 g/mol. The molecule has 0 fully saturated rings. The first-order chi connectivity index (χ1) is 27.2. The maximum atomic E-state index is 6.31. The first-order valence-electron chi connectivity index (χ1n) is 18.4. The van der Waals surface area contributed by atoms with Crippen LogP contribution < -0.4 is 0 Å². The lowest BCUT2D eigenvalue weighted by Crippen LogP contribution is -2.07. The quantitative estimate of drug-likeness (QED) is 0.182. The van der Waals surface area contributed by atoms with Crippen LogP contribution in [-0.4, -0.2) is 19.5 Å². The Bertz CT molecular complexity index is 3500. The fraction of sp³-hybridized carbons (Fsp3) is 0. The lowest BCUT2D eigenvalue weighted by atomic mass is 9.99. The molecule has 0 aliphatic heterocycles. The largest absolute Gasteiger partial charge is 0.456 e. The van der Waals surface area contributed by atoms with Gasteiger partial charge in [0.15, 0.2) is 11.6 Å². The van der Waals surface area contributed by atoms with Gasteiger partial charge in [0, 0.05) is 58.4 Å². The van der Waals surface area contributed by atoms with E-state index >= 15 is 0 Å². The summed E-state index contributed by atoms with van der Waals surface area (Å²) in [6.45, 7) is 0. The van der Waals surface area contributed by atoms with Crippen LogP contribution in [0.2, 0.25) is 0 Å². The zero-order valence-electron chi connectivity index (χ0n) is 29.3. The van der Waals surface area contributed by atoms with Crippen LogP contribution in [0.4, 0.5) is 0 Å². The van der Waals surface area contributed by atoms with Gasteiger partial charge < -0.3 is 4.42 Å². The Kier molecular flexibility index (Phi) is 6.44. The summed E-state index contributed by atoms with van der Waals surface area (Å²) in [6, 6.07) is 59.7. The molecule has 0 N–H and O–H groups in total. The molecule has 5 nitrogen and oxygen atoms in total. The molecule has 256 valence electrons. The molecule has 4 aromatic heterocycles. The molecule has 6 heteroatoms. The zero-order valence-corrected chi connectivity index (χ0v) is 30.1. The summed E-state index contributed by atoms with van der Waals surface area (Å²) in [5.74, 6) is 1.74. The third-order valence-electron chi connectivity index (χ3n) is 10.9. The molecule has 0 atom stereocenters. The number of nitrogens with zero attached hydrogens (tertiary/aromatic N) is 4. The maximum absolute atomic E-state index is 6.31. The standard InChI is InChI=1S/C49H28N4OS/c1-2-12-30(13-3-1)47-50-48(32-22-24-37-36-16-7-9-20-41(36)54-42(37)27-32)52-49(51-47)53-40-19-8-6-15-35(40)38-18-10-17-34(46(38)53)31-21-25-39-44(28-31)55-43-26-23-29-11-4-5-14-33(29)45(39)43/h1-28H. The van der Waals surface area contributed by atoms with Gasteiger partial charge in [-0.25, -0.2) is 4.98 Å². The van der Waals surface area contributed by atoms with Gasteiger partial charge >= 0.3 is 0 Å². The van der Waals surface area contributed by atoms with Crippen molar-refractivity contribution in [3.63, 3.8) is 0 Å². The van der Waals surface area contributed by atoms with Crippen LogP contribution in [0.1, 0.15) is 0 Å². The van der Waals surface area contributed by atoms with Gasteiger partial charge in [-0.2, -0.15) is 9.97 Å². The number of thiophene rings is 1. The van der Waals surface area contributed by atoms with E-state index in [0.717, 1.165) is 66.0 Å². The lowest BCUT2D eigenvalue weighted by Gasteiger charge is -2.13. The van der Waals surface area contributed by atoms with Gasteiger partial charge in [0.1, 0.15) is 11.2 Å². The van der Waals surface area contributed by atoms with Crippen molar-refractivity contribution in [3.8, 4) is 39.9 Å². The Hall–Kier alpha value is -7.15. The molecule has 0 saturated heterocycles. The van der Waals surface area contributed by atoms with E-state index in [2.05, 4.69) is 120 Å². The van der Waals surface area contributed by atoms with E-state index in [4.69, 9.17) is 19.4 Å². The first-order valence-corrected chi connectivity index (χ1v) is 19.2. The minimum Gasteiger partial charge on any atom is -0.456 e. The van der Waals surface area contributed by atoms with E-state index < -0.39 is 0 Å². The van der Waals surface area contributed by atoms with Gasteiger partial charge in [0.05, 0.1) is 11.0 Å². The first kappa shape index (κ1) is 30.3. The van der Waals surface area contributed by atoms with Crippen LogP contribution in [0.5, 0.6) is 0 Å². The third-order valence-corrected chi connectivity index (χ3v) is 12.0. The van der Waals surface area contributed by atoms with Crippen molar-refractivity contribution in [3.05, 3.63) is 170 Å². The zero-order chi connectivity index (χ0) is 36.0. The SMILES string of the molecule is c1ccc(-c2nc(-c3ccc4c(c3)oc3ccccc34)nc(-n3c4ccccc4c4cccc(-c5ccc6c(c5)sc5ccc7ccccc7c56)c43)n2)cc1. The highest BCUT2D eigenvalue weighted by Gasteiger charge is 2.21. The molecule has 12 aromatic rings. The van der Waals surface area contributed by atoms with E-state index in [1.54, 1.807) is 0 Å². The minimum atomic E-state index is 0.557. The Morgan fingerprint density at radius 2 is 1.15 bits per heavy atom. The molecule has 12 rings (SSSR count). The second kappa shape index (κ2) is 11.7. The van der Waals surface area contributed by atoms with Crippen molar-refractivity contribution in [2.45, 2.75) is 0 Å². The molecule has 0 aliphatic carbocycles. The minimum absolute atomic E-state index is 0.557. The van der Waals surface area contributed by atoms with Crippen LogP contribution >= 0.6 is 11.3 Å². The fourth-order valence-corrected chi connectivity index (χ4v) is 9.51. The summed E-state index contributed by atoms with van der Waals surface area (Å²) in [7, 11) is 0. The summed E-state index contributed by atoms with van der Waals surface area (Å²) in [6.07, 6.45) is 0. The monoisotopic (exact) mass is 720 g/mol. The normalized spacial score (nSPS) is 12.0. The molecule has 0 saturated carbocycles. The van der Waals surface area contributed by atoms with Crippen LogP contribution in [0.25, 0.3) is 115 Å². The number of hydrogen-bond acceptors (Lipinski definition) is 5. The highest BCUT2D eigenvalue weighted by molar-refractivity contribution is 7.26. The number of para-hydroxylation sites is 3. The van der Waals surface area contributed by atoms with Crippen LogP contribution in [0.3, 0.4) is 0 Å². The van der Waals surface area contributed by atoms with Gasteiger partial charge in [-0.15, -0.1) is 11.3 Å². The van der Waals surface area contributed by atoms with E-state index in [9.17, 15) is 0 Å². The smallest absolute Gasteiger partial charge is 0.238 e. The molecule has 55 heavy (non-hydrogen) atoms. The Labute approximate surface area is 318 Å². The number of rotatable bonds is 4. The molecule has 0 aliphatic rings. The van der Waals surface area contributed by atoms with E-state index in [1.807, 2.05) is 65.9 Å². The summed E-state index contributed by atoms with van der Waals surface area (Å²) in [5.41, 5.74) is 7.77. The fourth-order valence-electron chi connectivity index (χ4n) is 8.35. The molecule has 0 unspecified atom stereocenters. The van der Waals surface area contributed by atoms with Gasteiger partial charge in [-0.1, -0.05) is 133 Å². The summed E-state index contributed by atoms with van der Waals surface area (Å²) in [4.78, 5) is 15.6. The maximum Gasteiger partial charge on any atom is 0.238 e. The molecular formula is C49H28N4OS. The van der Waals surface area contributed by atoms with Crippen molar-refractivity contribution >= 4 is 86.0 Å². The lowest BCUT2D eigenvalue weighted by molar-refractivity contribution is 0.669. The second-order valence-electron chi connectivity index (χ2n) is 14.0. The summed E-state index contributed by atoms with van der Waals surface area (Å²) < 4.78 is 11.1. The number of benzene rings is 8. The van der Waals surface area contributed by atoms with E-state index in [0.29, 0.717) is 17.6 Å². The van der Waals surface area contributed by atoms with Crippen LogP contribution in [0.15, 0.2) is 174 Å². The molecule has 0 bridgehead atoms. The van der Waals surface area contributed by atoms with Crippen molar-refractivity contribution in [1.29, 1.82) is 0 Å². The van der Waals surface area contributed by atoms with Crippen LogP contribution in [-0.2, 0) is 0 Å². The molecule has 8 aromatic carbocycles. The van der Waals surface area contributed by atoms with Crippen molar-refractivity contribution in [1.82, 2.24) is 19.5 Å². The molecule has 4 heterocycles. The van der Waals surface area contributed by atoms with Crippen LogP contribution in [0, 0.1) is 0 Å². The van der Waals surface area contributed by atoms with E-state index in [1.165, 1.54) is 30.9 Å².